The highest BCUT2D eigenvalue weighted by molar-refractivity contribution is 5.35. The van der Waals surface area contributed by atoms with E-state index >= 15 is 0 Å². The molecular formula is C11H14F3NO. The number of rotatable bonds is 1. The Hall–Kier alpha value is -0.970. The molecule has 0 aromatic carbocycles. The van der Waals surface area contributed by atoms with Gasteiger partial charge in [-0.2, -0.15) is 13.2 Å². The first-order valence-electron chi connectivity index (χ1n) is 5.17. The fraction of sp³-hybridized carbons (Fsp3) is 0.636. The molecule has 16 heavy (non-hydrogen) atoms. The van der Waals surface area contributed by atoms with E-state index in [1.54, 1.807) is 11.9 Å². The maximum Gasteiger partial charge on any atom is 0.414 e. The summed E-state index contributed by atoms with van der Waals surface area (Å²) in [5, 5.41) is 8.88. The number of halogens is 3. The van der Waals surface area contributed by atoms with Gasteiger partial charge >= 0.3 is 6.18 Å². The van der Waals surface area contributed by atoms with E-state index in [-0.39, 0.29) is 12.0 Å². The highest BCUT2D eigenvalue weighted by Gasteiger charge is 2.47. The molecule has 1 saturated carbocycles. The van der Waals surface area contributed by atoms with Gasteiger partial charge in [0.15, 0.2) is 0 Å². The van der Waals surface area contributed by atoms with Gasteiger partial charge < -0.3 is 10.0 Å². The number of hydrogen-bond donors (Lipinski definition) is 1. The van der Waals surface area contributed by atoms with Gasteiger partial charge in [0, 0.05) is 18.7 Å². The second kappa shape index (κ2) is 3.52. The first-order valence-corrected chi connectivity index (χ1v) is 5.17. The van der Waals surface area contributed by atoms with E-state index in [2.05, 4.69) is 6.58 Å². The van der Waals surface area contributed by atoms with Crippen LogP contribution in [0, 0.1) is 5.92 Å². The van der Waals surface area contributed by atoms with Crippen LogP contribution in [0.1, 0.15) is 12.8 Å². The van der Waals surface area contributed by atoms with Crippen molar-refractivity contribution in [1.82, 2.24) is 4.90 Å². The maximum atomic E-state index is 12.7. The number of allylic oxidation sites excluding steroid dienone is 1. The summed E-state index contributed by atoms with van der Waals surface area (Å²) < 4.78 is 38.0. The Bertz CT molecular complexity index is 355. The van der Waals surface area contributed by atoms with Crippen LogP contribution in [0.5, 0.6) is 0 Å². The number of alkyl halides is 3. The van der Waals surface area contributed by atoms with Crippen molar-refractivity contribution in [2.75, 3.05) is 13.7 Å². The van der Waals surface area contributed by atoms with Crippen molar-refractivity contribution in [3.63, 3.8) is 0 Å². The summed E-state index contributed by atoms with van der Waals surface area (Å²) in [6, 6.07) is -0.221. The summed E-state index contributed by atoms with van der Waals surface area (Å²) >= 11 is 0. The van der Waals surface area contributed by atoms with Gasteiger partial charge in [-0.05, 0) is 18.4 Å². The number of fused-ring (bicyclic) bond motifs is 2. The van der Waals surface area contributed by atoms with Gasteiger partial charge in [0.25, 0.3) is 0 Å². The topological polar surface area (TPSA) is 23.5 Å². The van der Waals surface area contributed by atoms with Crippen molar-refractivity contribution < 1.29 is 18.3 Å². The first kappa shape index (κ1) is 11.5. The molecule has 2 fully saturated rings. The molecule has 1 heterocycles. The molecule has 0 spiro atoms. The smallest absolute Gasteiger partial charge is 0.392 e. The highest BCUT2D eigenvalue weighted by Crippen LogP contribution is 2.49. The third-order valence-electron chi connectivity index (χ3n) is 3.66. The zero-order chi connectivity index (χ0) is 12.1. The summed E-state index contributed by atoms with van der Waals surface area (Å²) in [4.78, 5) is 1.80. The predicted molar refractivity (Wildman–Crippen MR) is 53.6 cm³/mol. The summed E-state index contributed by atoms with van der Waals surface area (Å²) in [5.74, 6) is 0.119. The van der Waals surface area contributed by atoms with Crippen LogP contribution in [-0.4, -0.2) is 35.9 Å². The van der Waals surface area contributed by atoms with Gasteiger partial charge in [0.1, 0.15) is 0 Å². The Morgan fingerprint density at radius 1 is 1.56 bits per heavy atom. The minimum absolute atomic E-state index is 0.119. The molecule has 2 unspecified atom stereocenters. The predicted octanol–water partition coefficient (Wildman–Crippen LogP) is 2.08. The molecule has 0 aromatic rings. The molecule has 2 atom stereocenters. The minimum atomic E-state index is -4.42. The average Bonchev–Trinajstić information content (AvgIpc) is 2.67. The Kier molecular flexibility index (Phi) is 2.53. The van der Waals surface area contributed by atoms with Crippen molar-refractivity contribution in [2.45, 2.75) is 25.1 Å². The van der Waals surface area contributed by atoms with E-state index in [0.717, 1.165) is 5.70 Å². The van der Waals surface area contributed by atoms with E-state index in [9.17, 15) is 13.2 Å². The standard InChI is InChI=1S/C11H14F3NO/c1-6-7-3-8(10(4-7)15(6)2)9(5-16)11(12,13)14/h7,10,16H,1,3-5H2,2H3/b9-8+. The van der Waals surface area contributed by atoms with Crippen LogP contribution in [0.25, 0.3) is 0 Å². The highest BCUT2D eigenvalue weighted by atomic mass is 19.4. The molecule has 2 rings (SSSR count). The van der Waals surface area contributed by atoms with Crippen molar-refractivity contribution in [1.29, 1.82) is 0 Å². The van der Waals surface area contributed by atoms with Gasteiger partial charge in [-0.15, -0.1) is 0 Å². The summed E-state index contributed by atoms with van der Waals surface area (Å²) in [5.41, 5.74) is 0.488. The van der Waals surface area contributed by atoms with Crippen LogP contribution in [0.3, 0.4) is 0 Å². The fourth-order valence-electron chi connectivity index (χ4n) is 2.73. The Morgan fingerprint density at radius 2 is 2.19 bits per heavy atom. The minimum Gasteiger partial charge on any atom is -0.392 e. The van der Waals surface area contributed by atoms with E-state index in [1.165, 1.54) is 0 Å². The lowest BCUT2D eigenvalue weighted by atomic mass is 9.97. The van der Waals surface area contributed by atoms with Crippen molar-refractivity contribution >= 4 is 0 Å². The number of likely N-dealkylation sites (tertiary alicyclic amines) is 1. The number of piperidine rings is 1. The first-order chi connectivity index (χ1) is 7.36. The van der Waals surface area contributed by atoms with Crippen LogP contribution >= 0.6 is 0 Å². The molecule has 2 bridgehead atoms. The molecule has 0 radical (unpaired) electrons. The SMILES string of the molecule is C=C1C2C/C(=C(/CO)C(F)(F)F)C(C2)N1C. The summed E-state index contributed by atoms with van der Waals surface area (Å²) in [6.45, 7) is 2.93. The van der Waals surface area contributed by atoms with E-state index < -0.39 is 18.4 Å². The fourth-order valence-corrected chi connectivity index (χ4v) is 2.73. The number of aliphatic hydroxyl groups is 1. The molecule has 1 N–H and O–H groups in total. The molecule has 0 amide bonds. The maximum absolute atomic E-state index is 12.7. The van der Waals surface area contributed by atoms with Gasteiger partial charge in [0.2, 0.25) is 0 Å². The lowest BCUT2D eigenvalue weighted by molar-refractivity contribution is -0.0991. The number of aliphatic hydroxyl groups excluding tert-OH is 1. The molecule has 2 aliphatic rings. The largest absolute Gasteiger partial charge is 0.414 e. The van der Waals surface area contributed by atoms with Crippen LogP contribution < -0.4 is 0 Å². The molecule has 90 valence electrons. The normalized spacial score (nSPS) is 32.6. The van der Waals surface area contributed by atoms with Crippen LogP contribution in [0.2, 0.25) is 0 Å². The molecule has 1 aliphatic heterocycles. The average molecular weight is 233 g/mol. The van der Waals surface area contributed by atoms with Crippen LogP contribution in [0.4, 0.5) is 13.2 Å². The third kappa shape index (κ3) is 1.54. The van der Waals surface area contributed by atoms with Gasteiger partial charge in [-0.3, -0.25) is 0 Å². The lowest BCUT2D eigenvalue weighted by Crippen LogP contribution is -2.31. The van der Waals surface area contributed by atoms with Crippen LogP contribution in [0.15, 0.2) is 23.4 Å². The number of hydrogen-bond acceptors (Lipinski definition) is 2. The Balaban J connectivity index is 2.37. The van der Waals surface area contributed by atoms with Crippen molar-refractivity contribution in [2.24, 2.45) is 5.92 Å². The zero-order valence-electron chi connectivity index (χ0n) is 9.01. The molecule has 1 aliphatic carbocycles. The van der Waals surface area contributed by atoms with Gasteiger partial charge in [0.05, 0.1) is 18.2 Å². The number of likely N-dealkylation sites (N-methyl/N-ethyl adjacent to an activating group) is 1. The summed E-state index contributed by atoms with van der Waals surface area (Å²) in [7, 11) is 1.76. The molecule has 5 heteroatoms. The Morgan fingerprint density at radius 3 is 2.56 bits per heavy atom. The molecule has 0 aromatic heterocycles. The zero-order valence-corrected chi connectivity index (χ0v) is 9.01. The lowest BCUT2D eigenvalue weighted by Gasteiger charge is -2.30. The monoisotopic (exact) mass is 233 g/mol. The second-order valence-corrected chi connectivity index (χ2v) is 4.41. The van der Waals surface area contributed by atoms with E-state index in [4.69, 9.17) is 5.11 Å². The van der Waals surface area contributed by atoms with Crippen molar-refractivity contribution in [3.05, 3.63) is 23.4 Å². The molecular weight excluding hydrogens is 219 g/mol. The third-order valence-corrected chi connectivity index (χ3v) is 3.66. The van der Waals surface area contributed by atoms with Crippen molar-refractivity contribution in [3.8, 4) is 0 Å². The summed E-state index contributed by atoms with van der Waals surface area (Å²) in [6.07, 6.45) is -3.33. The van der Waals surface area contributed by atoms with E-state index in [0.29, 0.717) is 18.4 Å². The molecule has 2 nitrogen and oxygen atoms in total. The quantitative estimate of drug-likeness (QED) is 0.701. The van der Waals surface area contributed by atoms with Gasteiger partial charge in [-0.1, -0.05) is 6.58 Å². The van der Waals surface area contributed by atoms with Crippen LogP contribution in [-0.2, 0) is 0 Å². The number of nitrogens with zero attached hydrogens (tertiary/aromatic N) is 1. The van der Waals surface area contributed by atoms with Gasteiger partial charge in [-0.25, -0.2) is 0 Å². The Labute approximate surface area is 92.0 Å². The van der Waals surface area contributed by atoms with E-state index in [1.807, 2.05) is 0 Å². The second-order valence-electron chi connectivity index (χ2n) is 4.41. The molecule has 1 saturated heterocycles.